The Morgan fingerprint density at radius 3 is 2.60 bits per heavy atom. The number of aromatic amines is 1. The van der Waals surface area contributed by atoms with E-state index in [2.05, 4.69) is 56.5 Å². The summed E-state index contributed by atoms with van der Waals surface area (Å²) in [6.07, 6.45) is 4.23. The molecule has 0 saturated carbocycles. The van der Waals surface area contributed by atoms with Crippen LogP contribution in [0.2, 0.25) is 0 Å². The predicted molar refractivity (Wildman–Crippen MR) is 144 cm³/mol. The number of hydrogen-bond donors (Lipinski definition) is 2. The summed E-state index contributed by atoms with van der Waals surface area (Å²) in [6, 6.07) is 19.5. The maximum atomic E-state index is 13.2. The molecular weight excluding hydrogens is 454 g/mol. The van der Waals surface area contributed by atoms with Gasteiger partial charge >= 0.3 is 0 Å². The highest BCUT2D eigenvalue weighted by Crippen LogP contribution is 2.35. The van der Waals surface area contributed by atoms with Crippen molar-refractivity contribution in [3.63, 3.8) is 0 Å². The zero-order chi connectivity index (χ0) is 24.2. The number of nitrogens with zero attached hydrogens (tertiary/aromatic N) is 3. The SMILES string of the molecule is CC(C)NC(=O)[C@@H]1C[C@H](Sc2nc3ccccc3[nH]2)CN1C1CCN(CCc2ccccc2)CC1. The van der Waals surface area contributed by atoms with Crippen molar-refractivity contribution >= 4 is 28.7 Å². The van der Waals surface area contributed by atoms with Gasteiger partial charge in [-0.1, -0.05) is 54.2 Å². The quantitative estimate of drug-likeness (QED) is 0.491. The van der Waals surface area contributed by atoms with Crippen LogP contribution in [-0.4, -0.2) is 75.2 Å². The molecule has 0 spiro atoms. The molecule has 3 heterocycles. The number of amides is 1. The number of nitrogens with one attached hydrogen (secondary N) is 2. The van der Waals surface area contributed by atoms with Crippen LogP contribution in [0.1, 0.15) is 38.7 Å². The molecule has 0 bridgehead atoms. The molecule has 2 aliphatic rings. The van der Waals surface area contributed by atoms with Crippen LogP contribution >= 0.6 is 11.8 Å². The first-order valence-corrected chi connectivity index (χ1v) is 13.9. The lowest BCUT2D eigenvalue weighted by Crippen LogP contribution is -2.52. The average Bonchev–Trinajstić information content (AvgIpc) is 3.47. The molecule has 0 unspecified atom stereocenters. The molecule has 2 aromatic carbocycles. The van der Waals surface area contributed by atoms with E-state index in [1.807, 2.05) is 32.0 Å². The highest BCUT2D eigenvalue weighted by molar-refractivity contribution is 7.99. The molecule has 1 aromatic heterocycles. The number of likely N-dealkylation sites (tertiary alicyclic amines) is 2. The first kappa shape index (κ1) is 24.3. The van der Waals surface area contributed by atoms with Crippen molar-refractivity contribution in [2.24, 2.45) is 0 Å². The van der Waals surface area contributed by atoms with Gasteiger partial charge in [0.2, 0.25) is 5.91 Å². The Hall–Kier alpha value is -2.35. The third-order valence-electron chi connectivity index (χ3n) is 7.27. The Kier molecular flexibility index (Phi) is 7.75. The fraction of sp³-hybridized carbons (Fsp3) is 0.500. The number of H-pyrrole nitrogens is 1. The molecule has 0 radical (unpaired) electrons. The number of benzene rings is 2. The smallest absolute Gasteiger partial charge is 0.237 e. The third kappa shape index (κ3) is 6.08. The molecule has 0 aliphatic carbocycles. The molecule has 2 fully saturated rings. The van der Waals surface area contributed by atoms with Gasteiger partial charge in [-0.25, -0.2) is 4.98 Å². The number of imidazole rings is 1. The van der Waals surface area contributed by atoms with Crippen molar-refractivity contribution in [3.05, 3.63) is 60.2 Å². The minimum atomic E-state index is -0.0554. The normalized spacial score (nSPS) is 22.3. The average molecular weight is 492 g/mol. The first-order valence-electron chi connectivity index (χ1n) is 13.0. The van der Waals surface area contributed by atoms with E-state index in [1.165, 1.54) is 5.56 Å². The predicted octanol–water partition coefficient (Wildman–Crippen LogP) is 4.33. The number of rotatable bonds is 8. The van der Waals surface area contributed by atoms with E-state index < -0.39 is 0 Å². The van der Waals surface area contributed by atoms with Gasteiger partial charge in [0.1, 0.15) is 0 Å². The standard InChI is InChI=1S/C28H37N5OS/c1-20(2)29-27(34)26-18-23(35-28-30-24-10-6-7-11-25(24)31-28)19-33(26)22-13-16-32(17-14-22)15-12-21-8-4-3-5-9-21/h3-11,20,22-23,26H,12-19H2,1-2H3,(H,29,34)(H,30,31)/t23-,26-/m0/s1. The van der Waals surface area contributed by atoms with E-state index in [1.54, 1.807) is 11.8 Å². The zero-order valence-electron chi connectivity index (χ0n) is 20.8. The van der Waals surface area contributed by atoms with Gasteiger partial charge in [0, 0.05) is 30.4 Å². The van der Waals surface area contributed by atoms with E-state index in [4.69, 9.17) is 4.98 Å². The monoisotopic (exact) mass is 491 g/mol. The van der Waals surface area contributed by atoms with Crippen LogP contribution in [0.25, 0.3) is 11.0 Å². The van der Waals surface area contributed by atoms with Crippen molar-refractivity contribution in [3.8, 4) is 0 Å². The van der Waals surface area contributed by atoms with Crippen LogP contribution in [0.5, 0.6) is 0 Å². The molecule has 5 rings (SSSR count). The van der Waals surface area contributed by atoms with Crippen molar-refractivity contribution in [1.29, 1.82) is 0 Å². The van der Waals surface area contributed by atoms with Gasteiger partial charge in [0.05, 0.1) is 17.1 Å². The molecule has 186 valence electrons. The molecule has 2 saturated heterocycles. The maximum absolute atomic E-state index is 13.2. The van der Waals surface area contributed by atoms with Gasteiger partial charge in [-0.3, -0.25) is 9.69 Å². The minimum absolute atomic E-state index is 0.0554. The van der Waals surface area contributed by atoms with E-state index in [-0.39, 0.29) is 18.0 Å². The number of piperidine rings is 1. The van der Waals surface area contributed by atoms with E-state index in [0.717, 1.165) is 68.1 Å². The van der Waals surface area contributed by atoms with Crippen molar-refractivity contribution in [2.45, 2.75) is 68.1 Å². The van der Waals surface area contributed by atoms with Gasteiger partial charge < -0.3 is 15.2 Å². The lowest BCUT2D eigenvalue weighted by molar-refractivity contribution is -0.127. The summed E-state index contributed by atoms with van der Waals surface area (Å²) >= 11 is 1.79. The topological polar surface area (TPSA) is 64.3 Å². The molecule has 35 heavy (non-hydrogen) atoms. The fourth-order valence-electron chi connectivity index (χ4n) is 5.50. The highest BCUT2D eigenvalue weighted by Gasteiger charge is 2.41. The van der Waals surface area contributed by atoms with Crippen LogP contribution < -0.4 is 5.32 Å². The Morgan fingerprint density at radius 1 is 1.11 bits per heavy atom. The van der Waals surface area contributed by atoms with Crippen LogP contribution in [0.3, 0.4) is 0 Å². The fourth-order valence-corrected chi connectivity index (χ4v) is 6.66. The van der Waals surface area contributed by atoms with Crippen LogP contribution in [0, 0.1) is 0 Å². The van der Waals surface area contributed by atoms with E-state index >= 15 is 0 Å². The summed E-state index contributed by atoms with van der Waals surface area (Å²) in [5.74, 6) is 0.180. The summed E-state index contributed by atoms with van der Waals surface area (Å²) < 4.78 is 0. The minimum Gasteiger partial charge on any atom is -0.353 e. The van der Waals surface area contributed by atoms with E-state index in [0.29, 0.717) is 11.3 Å². The van der Waals surface area contributed by atoms with Gasteiger partial charge in [-0.2, -0.15) is 0 Å². The summed E-state index contributed by atoms with van der Waals surface area (Å²) in [7, 11) is 0. The van der Waals surface area contributed by atoms with Crippen molar-refractivity contribution in [2.75, 3.05) is 26.2 Å². The number of aromatic nitrogens is 2. The zero-order valence-corrected chi connectivity index (χ0v) is 21.6. The number of hydrogen-bond acceptors (Lipinski definition) is 5. The molecule has 6 nitrogen and oxygen atoms in total. The second-order valence-corrected chi connectivity index (χ2v) is 11.5. The third-order valence-corrected chi connectivity index (χ3v) is 8.36. The van der Waals surface area contributed by atoms with E-state index in [9.17, 15) is 4.79 Å². The summed E-state index contributed by atoms with van der Waals surface area (Å²) in [6.45, 7) is 8.35. The highest BCUT2D eigenvalue weighted by atomic mass is 32.2. The van der Waals surface area contributed by atoms with Gasteiger partial charge in [-0.15, -0.1) is 0 Å². The van der Waals surface area contributed by atoms with Crippen LogP contribution in [0.15, 0.2) is 59.8 Å². The second kappa shape index (κ2) is 11.1. The number of carbonyl (C=O) groups is 1. The van der Waals surface area contributed by atoms with Crippen LogP contribution in [0.4, 0.5) is 0 Å². The van der Waals surface area contributed by atoms with Crippen molar-refractivity contribution in [1.82, 2.24) is 25.1 Å². The molecular formula is C28H37N5OS. The number of para-hydroxylation sites is 2. The molecule has 2 atom stereocenters. The van der Waals surface area contributed by atoms with Gasteiger partial charge in [0.15, 0.2) is 5.16 Å². The molecule has 3 aromatic rings. The Bertz CT molecular complexity index is 1080. The lowest BCUT2D eigenvalue weighted by Gasteiger charge is -2.39. The second-order valence-electron chi connectivity index (χ2n) is 10.2. The molecule has 1 amide bonds. The Balaban J connectivity index is 1.21. The number of carbonyl (C=O) groups excluding carboxylic acids is 1. The molecule has 2 aliphatic heterocycles. The van der Waals surface area contributed by atoms with Crippen molar-refractivity contribution < 1.29 is 4.79 Å². The summed E-state index contributed by atoms with van der Waals surface area (Å²) in [4.78, 5) is 26.5. The first-order chi connectivity index (χ1) is 17.0. The summed E-state index contributed by atoms with van der Waals surface area (Å²) in [5.41, 5.74) is 3.48. The maximum Gasteiger partial charge on any atom is 0.237 e. The number of thioether (sulfide) groups is 1. The lowest BCUT2D eigenvalue weighted by atomic mass is 10.0. The molecule has 2 N–H and O–H groups in total. The van der Waals surface area contributed by atoms with Gasteiger partial charge in [0.25, 0.3) is 0 Å². The van der Waals surface area contributed by atoms with Crippen LogP contribution in [-0.2, 0) is 11.2 Å². The van der Waals surface area contributed by atoms with Gasteiger partial charge in [-0.05, 0) is 70.3 Å². The number of fused-ring (bicyclic) bond motifs is 1. The Labute approximate surface area is 212 Å². The largest absolute Gasteiger partial charge is 0.353 e. The molecule has 7 heteroatoms. The Morgan fingerprint density at radius 2 is 1.86 bits per heavy atom. The summed E-state index contributed by atoms with van der Waals surface area (Å²) in [5, 5.41) is 4.49.